The number of halogens is 1. The molecule has 2 heterocycles. The second-order valence-corrected chi connectivity index (χ2v) is 7.79. The van der Waals surface area contributed by atoms with Gasteiger partial charge in [-0.2, -0.15) is 0 Å². The van der Waals surface area contributed by atoms with E-state index < -0.39 is 5.60 Å². The van der Waals surface area contributed by atoms with Gasteiger partial charge in [0.15, 0.2) is 0 Å². The molecule has 0 unspecified atom stereocenters. The molecule has 0 saturated carbocycles. The minimum atomic E-state index is -0.462. The molecule has 1 aliphatic rings. The van der Waals surface area contributed by atoms with Gasteiger partial charge in [-0.15, -0.1) is 0 Å². The van der Waals surface area contributed by atoms with Crippen molar-refractivity contribution in [1.82, 2.24) is 9.88 Å². The number of fused-ring (bicyclic) bond motifs is 1. The Morgan fingerprint density at radius 2 is 1.96 bits per heavy atom. The van der Waals surface area contributed by atoms with Crippen LogP contribution in [0.2, 0.25) is 5.15 Å². The number of aromatic nitrogens is 1. The van der Waals surface area contributed by atoms with Crippen molar-refractivity contribution in [3.8, 4) is 0 Å². The number of rotatable bonds is 2. The van der Waals surface area contributed by atoms with E-state index >= 15 is 0 Å². The van der Waals surface area contributed by atoms with Crippen molar-refractivity contribution in [2.45, 2.75) is 45.3 Å². The number of hydrogen-bond donors (Lipinski definition) is 1. The van der Waals surface area contributed by atoms with Crippen molar-refractivity contribution >= 4 is 34.3 Å². The summed E-state index contributed by atoms with van der Waals surface area (Å²) in [7, 11) is 0. The summed E-state index contributed by atoms with van der Waals surface area (Å²) in [6.07, 6.45) is 1.46. The molecule has 6 heteroatoms. The Kier molecular flexibility index (Phi) is 5.04. The number of carbonyl (C=O) groups excluding carboxylic acids is 1. The molecule has 1 fully saturated rings. The molecule has 1 aromatic heterocycles. The van der Waals surface area contributed by atoms with Gasteiger partial charge < -0.3 is 15.0 Å². The monoisotopic (exact) mass is 361 g/mol. The molecular formula is C19H24ClN3O2. The maximum atomic E-state index is 12.2. The third-order valence-electron chi connectivity index (χ3n) is 4.20. The number of piperidine rings is 1. The molecule has 134 valence electrons. The topological polar surface area (TPSA) is 54.5 Å². The van der Waals surface area contributed by atoms with Gasteiger partial charge in [0.1, 0.15) is 16.6 Å². The predicted molar refractivity (Wildman–Crippen MR) is 101 cm³/mol. The number of amides is 1. The van der Waals surface area contributed by atoms with Gasteiger partial charge in [0.05, 0.1) is 0 Å². The number of nitrogens with one attached hydrogen (secondary N) is 1. The lowest BCUT2D eigenvalue weighted by Crippen LogP contribution is -2.44. The van der Waals surface area contributed by atoms with E-state index in [-0.39, 0.29) is 12.1 Å². The summed E-state index contributed by atoms with van der Waals surface area (Å²) >= 11 is 6.15. The molecule has 1 saturated heterocycles. The fourth-order valence-electron chi connectivity index (χ4n) is 3.00. The Morgan fingerprint density at radius 3 is 2.64 bits per heavy atom. The zero-order valence-electron chi connectivity index (χ0n) is 14.9. The normalized spacial score (nSPS) is 16.1. The zero-order valence-corrected chi connectivity index (χ0v) is 15.6. The minimum absolute atomic E-state index is 0.239. The molecule has 1 aliphatic heterocycles. The standard InChI is InChI=1S/C19H24ClN3O2/c1-19(2,3)25-18(24)23-10-8-14(9-11-23)21-17-15-7-5-4-6-13(15)12-16(20)22-17/h4-7,12,14H,8-11H2,1-3H3,(H,21,22). The molecule has 0 radical (unpaired) electrons. The van der Waals surface area contributed by atoms with E-state index in [2.05, 4.69) is 10.3 Å². The lowest BCUT2D eigenvalue weighted by Gasteiger charge is -2.34. The second kappa shape index (κ2) is 7.08. The van der Waals surface area contributed by atoms with Crippen LogP contribution in [-0.2, 0) is 4.74 Å². The summed E-state index contributed by atoms with van der Waals surface area (Å²) in [6, 6.07) is 10.2. The molecule has 0 aliphatic carbocycles. The number of pyridine rings is 1. The molecule has 0 atom stereocenters. The Bertz CT molecular complexity index is 765. The first-order chi connectivity index (χ1) is 11.8. The van der Waals surface area contributed by atoms with Crippen LogP contribution in [0.25, 0.3) is 10.8 Å². The Hall–Kier alpha value is -2.01. The molecule has 5 nitrogen and oxygen atoms in total. The fourth-order valence-corrected chi connectivity index (χ4v) is 3.20. The van der Waals surface area contributed by atoms with E-state index in [1.165, 1.54) is 0 Å². The lowest BCUT2D eigenvalue weighted by atomic mass is 10.0. The average Bonchev–Trinajstić information content (AvgIpc) is 2.53. The van der Waals surface area contributed by atoms with Gasteiger partial charge in [-0.05, 0) is 45.1 Å². The van der Waals surface area contributed by atoms with E-state index in [1.54, 1.807) is 4.90 Å². The summed E-state index contributed by atoms with van der Waals surface area (Å²) < 4.78 is 5.44. The minimum Gasteiger partial charge on any atom is -0.444 e. The lowest BCUT2D eigenvalue weighted by molar-refractivity contribution is 0.0210. The first-order valence-electron chi connectivity index (χ1n) is 8.61. The highest BCUT2D eigenvalue weighted by Gasteiger charge is 2.27. The highest BCUT2D eigenvalue weighted by molar-refractivity contribution is 6.30. The summed E-state index contributed by atoms with van der Waals surface area (Å²) in [4.78, 5) is 18.4. The van der Waals surface area contributed by atoms with Crippen molar-refractivity contribution < 1.29 is 9.53 Å². The van der Waals surface area contributed by atoms with E-state index in [1.807, 2.05) is 51.1 Å². The van der Waals surface area contributed by atoms with Crippen LogP contribution in [-0.4, -0.2) is 40.7 Å². The quantitative estimate of drug-likeness (QED) is 0.788. The van der Waals surface area contributed by atoms with E-state index in [4.69, 9.17) is 16.3 Å². The van der Waals surface area contributed by atoms with Crippen LogP contribution in [0.15, 0.2) is 30.3 Å². The SMILES string of the molecule is CC(C)(C)OC(=O)N1CCC(Nc2nc(Cl)cc3ccccc23)CC1. The Balaban J connectivity index is 1.64. The van der Waals surface area contributed by atoms with Crippen LogP contribution in [0.1, 0.15) is 33.6 Å². The average molecular weight is 362 g/mol. The maximum absolute atomic E-state index is 12.2. The largest absolute Gasteiger partial charge is 0.444 e. The van der Waals surface area contributed by atoms with E-state index in [9.17, 15) is 4.79 Å². The molecular weight excluding hydrogens is 338 g/mol. The van der Waals surface area contributed by atoms with Gasteiger partial charge in [0, 0.05) is 24.5 Å². The van der Waals surface area contributed by atoms with Gasteiger partial charge >= 0.3 is 6.09 Å². The first kappa shape index (κ1) is 17.8. The van der Waals surface area contributed by atoms with Crippen LogP contribution in [0, 0.1) is 0 Å². The molecule has 1 amide bonds. The highest BCUT2D eigenvalue weighted by atomic mass is 35.5. The third kappa shape index (κ3) is 4.54. The number of likely N-dealkylation sites (tertiary alicyclic amines) is 1. The van der Waals surface area contributed by atoms with Crippen molar-refractivity contribution in [3.05, 3.63) is 35.5 Å². The summed E-state index contributed by atoms with van der Waals surface area (Å²) in [5, 5.41) is 6.10. The molecule has 25 heavy (non-hydrogen) atoms. The van der Waals surface area contributed by atoms with E-state index in [0.29, 0.717) is 18.2 Å². The van der Waals surface area contributed by atoms with Crippen molar-refractivity contribution in [2.75, 3.05) is 18.4 Å². The van der Waals surface area contributed by atoms with Crippen LogP contribution >= 0.6 is 11.6 Å². The van der Waals surface area contributed by atoms with Gasteiger partial charge in [-0.25, -0.2) is 9.78 Å². The van der Waals surface area contributed by atoms with Gasteiger partial charge in [-0.1, -0.05) is 35.9 Å². The zero-order chi connectivity index (χ0) is 18.0. The summed E-state index contributed by atoms with van der Waals surface area (Å²) in [6.45, 7) is 7.00. The van der Waals surface area contributed by atoms with E-state index in [0.717, 1.165) is 29.4 Å². The molecule has 0 bridgehead atoms. The Morgan fingerprint density at radius 1 is 1.28 bits per heavy atom. The highest BCUT2D eigenvalue weighted by Crippen LogP contribution is 2.27. The number of ether oxygens (including phenoxy) is 1. The van der Waals surface area contributed by atoms with Crippen LogP contribution in [0.5, 0.6) is 0 Å². The number of carbonyl (C=O) groups is 1. The van der Waals surface area contributed by atoms with Crippen LogP contribution in [0.3, 0.4) is 0 Å². The summed E-state index contributed by atoms with van der Waals surface area (Å²) in [5.41, 5.74) is -0.462. The Labute approximate surface area is 153 Å². The molecule has 1 N–H and O–H groups in total. The van der Waals surface area contributed by atoms with Gasteiger partial charge in [-0.3, -0.25) is 0 Å². The van der Waals surface area contributed by atoms with Crippen molar-refractivity contribution in [2.24, 2.45) is 0 Å². The molecule has 1 aromatic carbocycles. The second-order valence-electron chi connectivity index (χ2n) is 7.40. The number of hydrogen-bond acceptors (Lipinski definition) is 4. The van der Waals surface area contributed by atoms with Gasteiger partial charge in [0.25, 0.3) is 0 Å². The molecule has 3 rings (SSSR count). The molecule has 2 aromatic rings. The van der Waals surface area contributed by atoms with Gasteiger partial charge in [0.2, 0.25) is 0 Å². The van der Waals surface area contributed by atoms with Crippen molar-refractivity contribution in [3.63, 3.8) is 0 Å². The van der Waals surface area contributed by atoms with Crippen LogP contribution < -0.4 is 5.32 Å². The third-order valence-corrected chi connectivity index (χ3v) is 4.39. The smallest absolute Gasteiger partial charge is 0.410 e. The fraction of sp³-hybridized carbons (Fsp3) is 0.474. The maximum Gasteiger partial charge on any atom is 0.410 e. The molecule has 0 spiro atoms. The predicted octanol–water partition coefficient (Wildman–Crippen LogP) is 4.70. The first-order valence-corrected chi connectivity index (χ1v) is 8.99. The van der Waals surface area contributed by atoms with Crippen LogP contribution in [0.4, 0.5) is 10.6 Å². The number of benzene rings is 1. The summed E-state index contributed by atoms with van der Waals surface area (Å²) in [5.74, 6) is 0.804. The van der Waals surface area contributed by atoms with Crippen molar-refractivity contribution in [1.29, 1.82) is 0 Å². The number of nitrogens with zero attached hydrogens (tertiary/aromatic N) is 2. The number of anilines is 1.